The lowest BCUT2D eigenvalue weighted by Gasteiger charge is -2.14. The molecule has 138 valence electrons. The molecule has 0 aliphatic rings. The summed E-state index contributed by atoms with van der Waals surface area (Å²) < 4.78 is 13.4. The quantitative estimate of drug-likeness (QED) is 0.348. The Balaban J connectivity index is 0.00000312. The molecule has 0 fully saturated rings. The normalized spacial score (nSPS) is 11.1. The van der Waals surface area contributed by atoms with E-state index in [0.29, 0.717) is 6.54 Å². The molecule has 2 aromatic rings. The number of aromatic nitrogens is 1. The SMILES string of the molecule is CN=C(NCCc1ncc(C)s1)NCc1ccc(F)cc1CSC.I. The Kier molecular flexibility index (Phi) is 10.4. The number of rotatable bonds is 7. The van der Waals surface area contributed by atoms with Crippen molar-refractivity contribution in [2.45, 2.75) is 25.6 Å². The molecule has 1 aromatic carbocycles. The van der Waals surface area contributed by atoms with E-state index in [2.05, 4.69) is 27.5 Å². The number of hydrogen-bond donors (Lipinski definition) is 2. The molecule has 0 spiro atoms. The van der Waals surface area contributed by atoms with Crippen LogP contribution in [0.1, 0.15) is 21.0 Å². The van der Waals surface area contributed by atoms with Crippen LogP contribution in [0.5, 0.6) is 0 Å². The molecule has 0 saturated carbocycles. The number of halogens is 2. The van der Waals surface area contributed by atoms with E-state index in [1.807, 2.05) is 18.5 Å². The van der Waals surface area contributed by atoms with E-state index in [1.54, 1.807) is 36.2 Å². The molecular weight excluding hydrogens is 470 g/mol. The standard InChI is InChI=1S/C17H23FN4S2.HI/c1-12-9-21-16(24-12)6-7-20-17(19-2)22-10-13-4-5-15(18)8-14(13)11-23-3;/h4-5,8-9H,6-7,10-11H2,1-3H3,(H2,19,20,22);1H. The highest BCUT2D eigenvalue weighted by Gasteiger charge is 2.06. The monoisotopic (exact) mass is 494 g/mol. The Labute approximate surface area is 174 Å². The Morgan fingerprint density at radius 2 is 2.12 bits per heavy atom. The second kappa shape index (κ2) is 11.7. The molecule has 0 saturated heterocycles. The summed E-state index contributed by atoms with van der Waals surface area (Å²) in [5, 5.41) is 7.69. The molecule has 2 rings (SSSR count). The Morgan fingerprint density at radius 3 is 2.76 bits per heavy atom. The molecule has 25 heavy (non-hydrogen) atoms. The summed E-state index contributed by atoms with van der Waals surface area (Å²) in [6.07, 6.45) is 4.78. The first kappa shape index (κ1) is 22.2. The van der Waals surface area contributed by atoms with E-state index in [9.17, 15) is 4.39 Å². The van der Waals surface area contributed by atoms with Crippen LogP contribution in [0.3, 0.4) is 0 Å². The lowest BCUT2D eigenvalue weighted by Crippen LogP contribution is -2.38. The van der Waals surface area contributed by atoms with Gasteiger partial charge in [0.1, 0.15) is 5.82 Å². The minimum Gasteiger partial charge on any atom is -0.356 e. The zero-order valence-electron chi connectivity index (χ0n) is 14.6. The third-order valence-corrected chi connectivity index (χ3v) is 5.01. The van der Waals surface area contributed by atoms with Gasteiger partial charge in [-0.25, -0.2) is 9.37 Å². The van der Waals surface area contributed by atoms with E-state index >= 15 is 0 Å². The van der Waals surface area contributed by atoms with Crippen LogP contribution >= 0.6 is 47.1 Å². The van der Waals surface area contributed by atoms with Crippen molar-refractivity contribution in [3.05, 3.63) is 51.2 Å². The summed E-state index contributed by atoms with van der Waals surface area (Å²) in [5.74, 6) is 1.34. The van der Waals surface area contributed by atoms with Gasteiger partial charge in [0.2, 0.25) is 0 Å². The number of hydrogen-bond acceptors (Lipinski definition) is 4. The number of thiazole rings is 1. The van der Waals surface area contributed by atoms with Crippen LogP contribution in [-0.2, 0) is 18.7 Å². The number of guanidine groups is 1. The fourth-order valence-corrected chi connectivity index (χ4v) is 3.63. The largest absolute Gasteiger partial charge is 0.356 e. The highest BCUT2D eigenvalue weighted by molar-refractivity contribution is 14.0. The van der Waals surface area contributed by atoms with Crippen LogP contribution in [0.2, 0.25) is 0 Å². The van der Waals surface area contributed by atoms with Crippen LogP contribution in [0, 0.1) is 12.7 Å². The van der Waals surface area contributed by atoms with Gasteiger partial charge in [0.15, 0.2) is 5.96 Å². The van der Waals surface area contributed by atoms with Crippen molar-refractivity contribution in [1.82, 2.24) is 15.6 Å². The number of aryl methyl sites for hydroxylation is 1. The van der Waals surface area contributed by atoms with Gasteiger partial charge in [-0.15, -0.1) is 35.3 Å². The predicted octanol–water partition coefficient (Wildman–Crippen LogP) is 3.98. The molecular formula is C17H24FIN4S2. The molecule has 0 bridgehead atoms. The van der Waals surface area contributed by atoms with E-state index in [0.717, 1.165) is 40.8 Å². The van der Waals surface area contributed by atoms with Gasteiger partial charge in [-0.1, -0.05) is 6.07 Å². The zero-order valence-corrected chi connectivity index (χ0v) is 18.6. The average molecular weight is 494 g/mol. The van der Waals surface area contributed by atoms with E-state index in [4.69, 9.17) is 0 Å². The fraction of sp³-hybridized carbons (Fsp3) is 0.412. The van der Waals surface area contributed by atoms with E-state index in [-0.39, 0.29) is 29.8 Å². The molecule has 0 aliphatic carbocycles. The van der Waals surface area contributed by atoms with Crippen molar-refractivity contribution in [2.24, 2.45) is 4.99 Å². The van der Waals surface area contributed by atoms with Gasteiger partial charge in [-0.3, -0.25) is 4.99 Å². The molecule has 1 heterocycles. The van der Waals surface area contributed by atoms with Crippen LogP contribution < -0.4 is 10.6 Å². The van der Waals surface area contributed by atoms with Crippen molar-refractivity contribution < 1.29 is 4.39 Å². The molecule has 0 amide bonds. The Bertz CT molecular complexity index is 691. The maximum atomic E-state index is 13.4. The van der Waals surface area contributed by atoms with Crippen molar-refractivity contribution >= 4 is 53.0 Å². The summed E-state index contributed by atoms with van der Waals surface area (Å²) in [6.45, 7) is 3.45. The molecule has 0 aliphatic heterocycles. The first-order valence-electron chi connectivity index (χ1n) is 7.74. The van der Waals surface area contributed by atoms with Crippen molar-refractivity contribution in [3.63, 3.8) is 0 Å². The number of aliphatic imine (C=N–C) groups is 1. The third-order valence-electron chi connectivity index (χ3n) is 3.44. The van der Waals surface area contributed by atoms with Crippen molar-refractivity contribution in [3.8, 4) is 0 Å². The maximum absolute atomic E-state index is 13.4. The van der Waals surface area contributed by atoms with Gasteiger partial charge in [0, 0.05) is 43.4 Å². The number of nitrogens with zero attached hydrogens (tertiary/aromatic N) is 2. The molecule has 8 heteroatoms. The molecule has 0 unspecified atom stereocenters. The molecule has 4 nitrogen and oxygen atoms in total. The van der Waals surface area contributed by atoms with Crippen molar-refractivity contribution in [1.29, 1.82) is 0 Å². The minimum absolute atomic E-state index is 0. The second-order valence-electron chi connectivity index (χ2n) is 5.31. The molecule has 2 N–H and O–H groups in total. The summed E-state index contributed by atoms with van der Waals surface area (Å²) in [7, 11) is 1.75. The van der Waals surface area contributed by atoms with Crippen LogP contribution in [0.25, 0.3) is 0 Å². The average Bonchev–Trinajstić information content (AvgIpc) is 2.98. The topological polar surface area (TPSA) is 49.3 Å². The summed E-state index contributed by atoms with van der Waals surface area (Å²) in [5.41, 5.74) is 2.10. The summed E-state index contributed by atoms with van der Waals surface area (Å²) in [4.78, 5) is 9.81. The Hall–Kier alpha value is -0.870. The maximum Gasteiger partial charge on any atom is 0.191 e. The van der Waals surface area contributed by atoms with Gasteiger partial charge in [-0.05, 0) is 36.4 Å². The number of benzene rings is 1. The van der Waals surface area contributed by atoms with Crippen LogP contribution in [0.4, 0.5) is 4.39 Å². The van der Waals surface area contributed by atoms with Crippen molar-refractivity contribution in [2.75, 3.05) is 19.8 Å². The molecule has 1 aromatic heterocycles. The fourth-order valence-electron chi connectivity index (χ4n) is 2.26. The van der Waals surface area contributed by atoms with Crippen LogP contribution in [0.15, 0.2) is 29.4 Å². The summed E-state index contributed by atoms with van der Waals surface area (Å²) >= 11 is 3.40. The lowest BCUT2D eigenvalue weighted by atomic mass is 10.1. The van der Waals surface area contributed by atoms with Gasteiger partial charge in [-0.2, -0.15) is 11.8 Å². The summed E-state index contributed by atoms with van der Waals surface area (Å²) in [6, 6.07) is 4.94. The van der Waals surface area contributed by atoms with E-state index < -0.39 is 0 Å². The highest BCUT2D eigenvalue weighted by atomic mass is 127. The van der Waals surface area contributed by atoms with Gasteiger partial charge < -0.3 is 10.6 Å². The first-order chi connectivity index (χ1) is 11.6. The minimum atomic E-state index is -0.191. The Morgan fingerprint density at radius 1 is 1.32 bits per heavy atom. The third kappa shape index (κ3) is 7.49. The zero-order chi connectivity index (χ0) is 17.4. The highest BCUT2D eigenvalue weighted by Crippen LogP contribution is 2.16. The van der Waals surface area contributed by atoms with Crippen LogP contribution in [-0.4, -0.2) is 30.8 Å². The first-order valence-corrected chi connectivity index (χ1v) is 9.95. The number of thioether (sulfide) groups is 1. The van der Waals surface area contributed by atoms with Gasteiger partial charge in [0.05, 0.1) is 5.01 Å². The lowest BCUT2D eigenvalue weighted by molar-refractivity contribution is 0.625. The number of nitrogens with one attached hydrogen (secondary N) is 2. The van der Waals surface area contributed by atoms with Gasteiger partial charge >= 0.3 is 0 Å². The predicted molar refractivity (Wildman–Crippen MR) is 118 cm³/mol. The molecule has 0 radical (unpaired) electrons. The molecule has 0 atom stereocenters. The van der Waals surface area contributed by atoms with E-state index in [1.165, 1.54) is 10.9 Å². The smallest absolute Gasteiger partial charge is 0.191 e. The second-order valence-corrected chi connectivity index (χ2v) is 7.50. The van der Waals surface area contributed by atoms with Gasteiger partial charge in [0.25, 0.3) is 0 Å².